The van der Waals surface area contributed by atoms with Gasteiger partial charge in [-0.1, -0.05) is 162 Å². The van der Waals surface area contributed by atoms with Crippen molar-refractivity contribution < 1.29 is 0 Å². The summed E-state index contributed by atoms with van der Waals surface area (Å²) in [7, 11) is 0. The molecule has 7 aromatic carbocycles. The van der Waals surface area contributed by atoms with Crippen molar-refractivity contribution in [2.45, 2.75) is 137 Å². The van der Waals surface area contributed by atoms with Gasteiger partial charge in [-0.2, -0.15) is 0 Å². The minimum Gasteiger partial charge on any atom is -0.311 e. The van der Waals surface area contributed by atoms with Gasteiger partial charge in [0.15, 0.2) is 0 Å². The van der Waals surface area contributed by atoms with Crippen LogP contribution in [0.3, 0.4) is 0 Å². The number of aryl methyl sites for hydroxylation is 1. The zero-order valence-corrected chi connectivity index (χ0v) is 44.9. The van der Waals surface area contributed by atoms with E-state index in [1.165, 1.54) is 100 Å². The van der Waals surface area contributed by atoms with Crippen LogP contribution in [0.1, 0.15) is 136 Å². The molecule has 0 saturated heterocycles. The predicted octanol–water partition coefficient (Wildman–Crippen LogP) is 17.0. The van der Waals surface area contributed by atoms with Crippen LogP contribution in [0.2, 0.25) is 0 Å². The quantitative estimate of drug-likeness (QED) is 0.159. The van der Waals surface area contributed by atoms with Crippen LogP contribution in [0.4, 0.5) is 51.2 Å². The molecule has 2 aliphatic heterocycles. The lowest BCUT2D eigenvalue weighted by Crippen LogP contribution is -2.60. The second-order valence-corrected chi connectivity index (χ2v) is 26.2. The van der Waals surface area contributed by atoms with E-state index >= 15 is 0 Å². The molecule has 70 heavy (non-hydrogen) atoms. The third-order valence-corrected chi connectivity index (χ3v) is 17.2. The molecule has 1 aliphatic carbocycles. The lowest BCUT2D eigenvalue weighted by Gasteiger charge is -2.44. The van der Waals surface area contributed by atoms with E-state index in [9.17, 15) is 0 Å². The van der Waals surface area contributed by atoms with Crippen LogP contribution < -0.4 is 30.4 Å². The molecule has 5 heteroatoms. The Morgan fingerprint density at radius 1 is 0.500 bits per heavy atom. The van der Waals surface area contributed by atoms with Crippen LogP contribution in [-0.4, -0.2) is 6.71 Å². The van der Waals surface area contributed by atoms with Crippen LogP contribution >= 0.6 is 11.3 Å². The predicted molar refractivity (Wildman–Crippen MR) is 307 cm³/mol. The molecule has 3 heterocycles. The summed E-state index contributed by atoms with van der Waals surface area (Å²) >= 11 is 2.03. The minimum absolute atomic E-state index is 0.00143. The molecule has 3 nitrogen and oxygen atoms in total. The number of benzene rings is 7. The first-order valence-electron chi connectivity index (χ1n) is 25.7. The highest BCUT2D eigenvalue weighted by Gasteiger charge is 2.47. The first-order valence-corrected chi connectivity index (χ1v) is 26.5. The molecule has 0 N–H and O–H groups in total. The molecule has 0 fully saturated rings. The fourth-order valence-corrected chi connectivity index (χ4v) is 13.0. The minimum atomic E-state index is -0.0415. The summed E-state index contributed by atoms with van der Waals surface area (Å²) in [6.07, 6.45) is 2.36. The maximum Gasteiger partial charge on any atom is 0.264 e. The van der Waals surface area contributed by atoms with Crippen LogP contribution in [0, 0.1) is 6.92 Å². The highest BCUT2D eigenvalue weighted by molar-refractivity contribution is 7.33. The summed E-state index contributed by atoms with van der Waals surface area (Å²) in [5, 5.41) is 1.36. The molecule has 11 rings (SSSR count). The molecule has 0 atom stereocenters. The van der Waals surface area contributed by atoms with Crippen molar-refractivity contribution in [2.24, 2.45) is 0 Å². The molecular weight excluding hydrogens is 866 g/mol. The largest absolute Gasteiger partial charge is 0.311 e. The monoisotopic (exact) mass is 936 g/mol. The van der Waals surface area contributed by atoms with Gasteiger partial charge in [-0.3, -0.25) is 0 Å². The number of fused-ring (bicyclic) bond motifs is 7. The SMILES string of the molecule is Cc1ccc(N(c2ccccc2)c2cc3c4c(c2)N(c2ccc(C(C)(C)C)cc2)c2c(sc5cc6c(cc25)C(C)(C)CCC6(C)C)B4c2cc(C(C)(C)C)ccc2N3c2ccc(C(C)(C)C)cc2)cc1. The van der Waals surface area contributed by atoms with Gasteiger partial charge in [0.25, 0.3) is 6.71 Å². The van der Waals surface area contributed by atoms with Crippen LogP contribution in [0.25, 0.3) is 10.1 Å². The first-order chi connectivity index (χ1) is 33.0. The van der Waals surface area contributed by atoms with Crippen molar-refractivity contribution in [1.82, 2.24) is 0 Å². The molecule has 0 saturated carbocycles. The van der Waals surface area contributed by atoms with E-state index in [1.807, 2.05) is 11.3 Å². The molecule has 0 unspecified atom stereocenters. The summed E-state index contributed by atoms with van der Waals surface area (Å²) in [6, 6.07) is 56.6. The Bertz CT molecular complexity index is 3320. The lowest BCUT2D eigenvalue weighted by atomic mass is 9.36. The molecule has 1 aromatic heterocycles. The van der Waals surface area contributed by atoms with E-state index in [0.717, 1.165) is 22.7 Å². The van der Waals surface area contributed by atoms with E-state index in [4.69, 9.17) is 0 Å². The summed E-state index contributed by atoms with van der Waals surface area (Å²) in [4.78, 5) is 7.73. The number of para-hydroxylation sites is 1. The first kappa shape index (κ1) is 46.4. The molecule has 0 radical (unpaired) electrons. The standard InChI is InChI=1S/C65H70BN3S/c1-41-20-27-46(28-21-41)67(45-18-16-15-17-19-45)49-37-55-58-56(38-49)69(48-31-24-43(25-32-48)62(5,6)7)59-50-39-51-52(65(13,14)35-34-64(51,11)12)40-57(50)70-60(59)66(58)53-36-44(63(8,9)10)26-33-54(53)68(55)47-29-22-42(23-30-47)61(2,3)4/h15-33,36-40H,34-35H2,1-14H3. The van der Waals surface area contributed by atoms with Gasteiger partial charge in [-0.25, -0.2) is 0 Å². The van der Waals surface area contributed by atoms with Crippen molar-refractivity contribution in [3.05, 3.63) is 179 Å². The molecule has 354 valence electrons. The van der Waals surface area contributed by atoms with Gasteiger partial charge in [0, 0.05) is 54.7 Å². The Hall–Kier alpha value is -6.04. The fraction of sp³-hybridized carbons (Fsp3) is 0.323. The third-order valence-electron chi connectivity index (χ3n) is 16.0. The highest BCUT2D eigenvalue weighted by Crippen LogP contribution is 2.54. The topological polar surface area (TPSA) is 9.72 Å². The van der Waals surface area contributed by atoms with Crippen LogP contribution in [-0.2, 0) is 27.1 Å². The Balaban J connectivity index is 1.30. The van der Waals surface area contributed by atoms with Crippen LogP contribution in [0.5, 0.6) is 0 Å². The number of hydrogen-bond donors (Lipinski definition) is 0. The van der Waals surface area contributed by atoms with E-state index < -0.39 is 0 Å². The van der Waals surface area contributed by atoms with Gasteiger partial charge >= 0.3 is 0 Å². The fourth-order valence-electron chi connectivity index (χ4n) is 11.6. The smallest absolute Gasteiger partial charge is 0.264 e. The number of rotatable bonds is 5. The zero-order chi connectivity index (χ0) is 49.4. The molecular formula is C65H70BN3S. The van der Waals surface area contributed by atoms with Gasteiger partial charge in [0.05, 0.1) is 11.4 Å². The van der Waals surface area contributed by atoms with Crippen molar-refractivity contribution in [3.8, 4) is 0 Å². The van der Waals surface area contributed by atoms with E-state index in [2.05, 4.69) is 257 Å². The number of anilines is 9. The third kappa shape index (κ3) is 7.61. The zero-order valence-electron chi connectivity index (χ0n) is 44.1. The van der Waals surface area contributed by atoms with E-state index in [1.54, 1.807) is 0 Å². The summed E-state index contributed by atoms with van der Waals surface area (Å²) < 4.78 is 2.79. The molecule has 0 bridgehead atoms. The molecule has 0 spiro atoms. The van der Waals surface area contributed by atoms with E-state index in [-0.39, 0.29) is 33.8 Å². The van der Waals surface area contributed by atoms with Gasteiger partial charge in [0.1, 0.15) is 0 Å². The van der Waals surface area contributed by atoms with Crippen molar-refractivity contribution in [2.75, 3.05) is 14.7 Å². The Labute approximate surface area is 423 Å². The van der Waals surface area contributed by atoms with Crippen molar-refractivity contribution in [1.29, 1.82) is 0 Å². The Morgan fingerprint density at radius 3 is 1.56 bits per heavy atom. The molecule has 0 amide bonds. The van der Waals surface area contributed by atoms with E-state index in [0.29, 0.717) is 0 Å². The summed E-state index contributed by atoms with van der Waals surface area (Å²) in [5.74, 6) is 0. The Morgan fingerprint density at radius 2 is 1.00 bits per heavy atom. The van der Waals surface area contributed by atoms with Gasteiger partial charge < -0.3 is 14.7 Å². The molecule has 3 aliphatic rings. The number of nitrogens with zero attached hydrogens (tertiary/aromatic N) is 3. The average Bonchev–Trinajstić information content (AvgIpc) is 3.68. The number of thiophene rings is 1. The summed E-state index contributed by atoms with van der Waals surface area (Å²) in [6.45, 7) is 33.0. The second kappa shape index (κ2) is 16.0. The van der Waals surface area contributed by atoms with Crippen molar-refractivity contribution in [3.63, 3.8) is 0 Å². The maximum atomic E-state index is 2.67. The average molecular weight is 936 g/mol. The normalized spacial score (nSPS) is 15.9. The highest BCUT2D eigenvalue weighted by atomic mass is 32.1. The number of hydrogen-bond acceptors (Lipinski definition) is 4. The van der Waals surface area contributed by atoms with Crippen molar-refractivity contribution >= 4 is 95.0 Å². The van der Waals surface area contributed by atoms with Gasteiger partial charge in [-0.05, 0) is 164 Å². The molecule has 8 aromatic rings. The maximum absolute atomic E-state index is 2.67. The lowest BCUT2D eigenvalue weighted by molar-refractivity contribution is 0.332. The van der Waals surface area contributed by atoms with Gasteiger partial charge in [0.2, 0.25) is 0 Å². The Kier molecular flexibility index (Phi) is 10.6. The van der Waals surface area contributed by atoms with Gasteiger partial charge in [-0.15, -0.1) is 11.3 Å². The second-order valence-electron chi connectivity index (χ2n) is 25.1. The van der Waals surface area contributed by atoms with Crippen LogP contribution in [0.15, 0.2) is 146 Å². The summed E-state index contributed by atoms with van der Waals surface area (Å²) in [5.41, 5.74) is 21.9.